The molecule has 0 aliphatic rings. The molecule has 21 heavy (non-hydrogen) atoms. The minimum atomic E-state index is -0.416. The third-order valence-electron chi connectivity index (χ3n) is 2.84. The summed E-state index contributed by atoms with van der Waals surface area (Å²) in [4.78, 5) is 0. The Morgan fingerprint density at radius 2 is 1.95 bits per heavy atom. The topological polar surface area (TPSA) is 21.3 Å². The molecule has 0 atom stereocenters. The van der Waals surface area contributed by atoms with Gasteiger partial charge in [0.15, 0.2) is 11.6 Å². The van der Waals surface area contributed by atoms with Crippen LogP contribution in [0.3, 0.4) is 0 Å². The summed E-state index contributed by atoms with van der Waals surface area (Å²) < 4.78 is 20.3. The van der Waals surface area contributed by atoms with E-state index in [1.807, 2.05) is 6.07 Å². The van der Waals surface area contributed by atoms with Gasteiger partial charge < -0.3 is 10.1 Å². The van der Waals surface area contributed by atoms with E-state index in [0.717, 1.165) is 10.0 Å². The van der Waals surface area contributed by atoms with Gasteiger partial charge >= 0.3 is 0 Å². The lowest BCUT2D eigenvalue weighted by atomic mass is 10.2. The maximum absolute atomic E-state index is 13.8. The molecule has 0 aromatic heterocycles. The number of halogens is 3. The number of hydrogen-bond acceptors (Lipinski definition) is 2. The lowest BCUT2D eigenvalue weighted by molar-refractivity contribution is 0.434. The van der Waals surface area contributed by atoms with Gasteiger partial charge in [-0.05, 0) is 30.3 Å². The lowest BCUT2D eigenvalue weighted by Crippen LogP contribution is -2.22. The van der Waals surface area contributed by atoms with Gasteiger partial charge in [-0.1, -0.05) is 47.4 Å². The molecule has 2 nitrogen and oxygen atoms in total. The van der Waals surface area contributed by atoms with Crippen molar-refractivity contribution >= 4 is 27.5 Å². The molecular weight excluding hydrogens is 357 g/mol. The number of hydrogen-bond donors (Lipinski definition) is 1. The van der Waals surface area contributed by atoms with Crippen molar-refractivity contribution in [3.05, 3.63) is 57.3 Å². The van der Waals surface area contributed by atoms with Crippen molar-refractivity contribution in [3.63, 3.8) is 0 Å². The first-order valence-corrected chi connectivity index (χ1v) is 7.77. The zero-order chi connectivity index (χ0) is 15.4. The zero-order valence-electron chi connectivity index (χ0n) is 11.8. The van der Waals surface area contributed by atoms with E-state index >= 15 is 0 Å². The van der Waals surface area contributed by atoms with E-state index in [1.165, 1.54) is 6.07 Å². The Kier molecular flexibility index (Phi) is 5.62. The van der Waals surface area contributed by atoms with Crippen molar-refractivity contribution in [1.82, 2.24) is 5.32 Å². The Morgan fingerprint density at radius 1 is 1.19 bits per heavy atom. The third-order valence-corrected chi connectivity index (χ3v) is 3.57. The number of ether oxygens (including phenoxy) is 1. The van der Waals surface area contributed by atoms with Crippen LogP contribution >= 0.6 is 27.5 Å². The largest absolute Gasteiger partial charge is 0.454 e. The van der Waals surface area contributed by atoms with E-state index in [4.69, 9.17) is 16.3 Å². The van der Waals surface area contributed by atoms with Crippen molar-refractivity contribution < 1.29 is 9.13 Å². The SMILES string of the molecule is CC(C)NCc1ccc(Cl)cc1Oc1cc(Br)ccc1F. The molecule has 5 heteroatoms. The summed E-state index contributed by atoms with van der Waals surface area (Å²) in [5, 5.41) is 3.86. The summed E-state index contributed by atoms with van der Waals surface area (Å²) in [6, 6.07) is 10.3. The molecule has 2 rings (SSSR count). The minimum absolute atomic E-state index is 0.164. The van der Waals surface area contributed by atoms with Crippen molar-refractivity contribution in [2.24, 2.45) is 0 Å². The van der Waals surface area contributed by atoms with Crippen LogP contribution in [0.25, 0.3) is 0 Å². The fourth-order valence-corrected chi connectivity index (χ4v) is 2.26. The van der Waals surface area contributed by atoms with Crippen LogP contribution in [0, 0.1) is 5.82 Å². The maximum Gasteiger partial charge on any atom is 0.165 e. The fraction of sp³-hybridized carbons (Fsp3) is 0.250. The van der Waals surface area contributed by atoms with Gasteiger partial charge in [0.2, 0.25) is 0 Å². The highest BCUT2D eigenvalue weighted by Gasteiger charge is 2.10. The first-order valence-electron chi connectivity index (χ1n) is 6.60. The molecule has 0 unspecified atom stereocenters. The zero-order valence-corrected chi connectivity index (χ0v) is 14.1. The van der Waals surface area contributed by atoms with Crippen LogP contribution in [0.2, 0.25) is 5.02 Å². The Morgan fingerprint density at radius 3 is 2.67 bits per heavy atom. The van der Waals surface area contributed by atoms with Crippen molar-refractivity contribution in [2.75, 3.05) is 0 Å². The third kappa shape index (κ3) is 4.70. The fourth-order valence-electron chi connectivity index (χ4n) is 1.76. The van der Waals surface area contributed by atoms with Crippen LogP contribution in [-0.4, -0.2) is 6.04 Å². The van der Waals surface area contributed by atoms with Crippen LogP contribution in [0.4, 0.5) is 4.39 Å². The Hall–Kier alpha value is -1.10. The second-order valence-electron chi connectivity index (χ2n) is 4.96. The highest BCUT2D eigenvalue weighted by Crippen LogP contribution is 2.31. The molecule has 0 saturated heterocycles. The molecular formula is C16H16BrClFNO. The molecule has 112 valence electrons. The second kappa shape index (κ2) is 7.25. The molecule has 1 N–H and O–H groups in total. The summed E-state index contributed by atoms with van der Waals surface area (Å²) in [5.74, 6) is 0.297. The van der Waals surface area contributed by atoms with Crippen molar-refractivity contribution in [2.45, 2.75) is 26.4 Å². The lowest BCUT2D eigenvalue weighted by Gasteiger charge is -2.14. The molecule has 0 spiro atoms. The molecule has 0 bridgehead atoms. The van der Waals surface area contributed by atoms with Gasteiger partial charge in [0, 0.05) is 27.6 Å². The molecule has 2 aromatic carbocycles. The monoisotopic (exact) mass is 371 g/mol. The van der Waals surface area contributed by atoms with Gasteiger partial charge in [-0.25, -0.2) is 4.39 Å². The van der Waals surface area contributed by atoms with Gasteiger partial charge in [0.1, 0.15) is 5.75 Å². The summed E-state index contributed by atoms with van der Waals surface area (Å²) in [5.41, 5.74) is 0.924. The molecule has 0 amide bonds. The minimum Gasteiger partial charge on any atom is -0.454 e. The van der Waals surface area contributed by atoms with Gasteiger partial charge in [-0.3, -0.25) is 0 Å². The Bertz CT molecular complexity index is 634. The van der Waals surface area contributed by atoms with Gasteiger partial charge in [0.05, 0.1) is 0 Å². The van der Waals surface area contributed by atoms with E-state index in [9.17, 15) is 4.39 Å². The Balaban J connectivity index is 2.29. The van der Waals surface area contributed by atoms with Crippen LogP contribution in [0.1, 0.15) is 19.4 Å². The van der Waals surface area contributed by atoms with Gasteiger partial charge in [-0.2, -0.15) is 0 Å². The van der Waals surface area contributed by atoms with Crippen LogP contribution in [0.5, 0.6) is 11.5 Å². The molecule has 0 aliphatic heterocycles. The molecule has 2 aromatic rings. The normalized spacial score (nSPS) is 11.0. The average Bonchev–Trinajstić information content (AvgIpc) is 2.42. The smallest absolute Gasteiger partial charge is 0.165 e. The van der Waals surface area contributed by atoms with E-state index in [-0.39, 0.29) is 5.75 Å². The predicted octanol–water partition coefficient (Wildman–Crippen LogP) is 5.53. The summed E-state index contributed by atoms with van der Waals surface area (Å²) in [6.45, 7) is 4.74. The van der Waals surface area contributed by atoms with E-state index < -0.39 is 5.82 Å². The molecule has 0 fully saturated rings. The predicted molar refractivity (Wildman–Crippen MR) is 87.6 cm³/mol. The van der Waals surface area contributed by atoms with Gasteiger partial charge in [-0.15, -0.1) is 0 Å². The molecule has 0 aliphatic carbocycles. The average molecular weight is 373 g/mol. The van der Waals surface area contributed by atoms with E-state index in [1.54, 1.807) is 24.3 Å². The van der Waals surface area contributed by atoms with Gasteiger partial charge in [0.25, 0.3) is 0 Å². The number of nitrogens with one attached hydrogen (secondary N) is 1. The van der Waals surface area contributed by atoms with Crippen molar-refractivity contribution in [3.8, 4) is 11.5 Å². The molecule has 0 saturated carbocycles. The first kappa shape index (κ1) is 16.3. The van der Waals surface area contributed by atoms with Crippen molar-refractivity contribution in [1.29, 1.82) is 0 Å². The number of benzene rings is 2. The van der Waals surface area contributed by atoms with E-state index in [2.05, 4.69) is 35.1 Å². The Labute approximate surface area is 137 Å². The second-order valence-corrected chi connectivity index (χ2v) is 6.32. The summed E-state index contributed by atoms with van der Waals surface area (Å²) >= 11 is 9.32. The summed E-state index contributed by atoms with van der Waals surface area (Å²) in [7, 11) is 0. The highest BCUT2D eigenvalue weighted by molar-refractivity contribution is 9.10. The first-order chi connectivity index (χ1) is 9.95. The highest BCUT2D eigenvalue weighted by atomic mass is 79.9. The summed E-state index contributed by atoms with van der Waals surface area (Å²) in [6.07, 6.45) is 0. The standard InChI is InChI=1S/C16H16BrClFNO/c1-10(2)20-9-11-3-5-13(18)8-15(11)21-16-7-12(17)4-6-14(16)19/h3-8,10,20H,9H2,1-2H3. The quantitative estimate of drug-likeness (QED) is 0.745. The van der Waals surface area contributed by atoms with Crippen LogP contribution in [0.15, 0.2) is 40.9 Å². The van der Waals surface area contributed by atoms with E-state index in [0.29, 0.717) is 23.4 Å². The van der Waals surface area contributed by atoms with Crippen LogP contribution in [-0.2, 0) is 6.54 Å². The molecule has 0 heterocycles. The molecule has 0 radical (unpaired) electrons. The van der Waals surface area contributed by atoms with Crippen LogP contribution < -0.4 is 10.1 Å². The maximum atomic E-state index is 13.8. The number of rotatable bonds is 5.